The van der Waals surface area contributed by atoms with Gasteiger partial charge < -0.3 is 15.0 Å². The third-order valence-electron chi connectivity index (χ3n) is 5.71. The molecule has 8 nitrogen and oxygen atoms in total. The van der Waals surface area contributed by atoms with Crippen LogP contribution in [-0.4, -0.2) is 57.0 Å². The number of nitrogens with one attached hydrogen (secondary N) is 1. The topological polar surface area (TPSA) is 85.2 Å². The van der Waals surface area contributed by atoms with Crippen molar-refractivity contribution >= 4 is 32.9 Å². The molecular weight excluding hydrogens is 448 g/mol. The first-order valence-corrected chi connectivity index (χ1v) is 11.0. The lowest BCUT2D eigenvalue weighted by Gasteiger charge is -2.30. The van der Waals surface area contributed by atoms with Gasteiger partial charge in [0, 0.05) is 44.9 Å². The van der Waals surface area contributed by atoms with E-state index in [1.807, 2.05) is 36.0 Å². The lowest BCUT2D eigenvalue weighted by Crippen LogP contribution is -2.54. The zero-order chi connectivity index (χ0) is 20.7. The van der Waals surface area contributed by atoms with Gasteiger partial charge >= 0.3 is 0 Å². The fourth-order valence-corrected chi connectivity index (χ4v) is 4.27. The van der Waals surface area contributed by atoms with E-state index in [4.69, 9.17) is 4.74 Å². The Hall–Kier alpha value is -2.52. The molecule has 9 heteroatoms. The van der Waals surface area contributed by atoms with E-state index >= 15 is 0 Å². The molecule has 0 spiro atoms. The van der Waals surface area contributed by atoms with Crippen LogP contribution in [-0.2, 0) is 17.8 Å². The van der Waals surface area contributed by atoms with Crippen LogP contribution in [0.15, 0.2) is 34.9 Å². The van der Waals surface area contributed by atoms with Crippen LogP contribution in [0.5, 0.6) is 11.6 Å². The van der Waals surface area contributed by atoms with Crippen LogP contribution < -0.4 is 10.1 Å². The fourth-order valence-electron chi connectivity index (χ4n) is 3.77. The van der Waals surface area contributed by atoms with Gasteiger partial charge in [-0.1, -0.05) is 11.3 Å². The molecule has 1 aromatic carbocycles. The summed E-state index contributed by atoms with van der Waals surface area (Å²) < 4.78 is 8.88. The number of benzene rings is 1. The predicted octanol–water partition coefficient (Wildman–Crippen LogP) is 2.76. The van der Waals surface area contributed by atoms with E-state index in [2.05, 4.69) is 36.5 Å². The third-order valence-corrected chi connectivity index (χ3v) is 6.48. The summed E-state index contributed by atoms with van der Waals surface area (Å²) in [7, 11) is 1.83. The summed E-state index contributed by atoms with van der Waals surface area (Å²) >= 11 is 3.63. The molecule has 1 saturated heterocycles. The van der Waals surface area contributed by atoms with Crippen molar-refractivity contribution in [2.45, 2.75) is 31.8 Å². The van der Waals surface area contributed by atoms with Crippen molar-refractivity contribution in [2.75, 3.05) is 20.1 Å². The zero-order valence-electron chi connectivity index (χ0n) is 16.7. The highest BCUT2D eigenvalue weighted by molar-refractivity contribution is 9.10. The van der Waals surface area contributed by atoms with Crippen LogP contribution in [0, 0.1) is 5.92 Å². The molecule has 30 heavy (non-hydrogen) atoms. The molecule has 2 aromatic heterocycles. The van der Waals surface area contributed by atoms with E-state index in [0.717, 1.165) is 46.6 Å². The molecule has 0 radical (unpaired) electrons. The Balaban J connectivity index is 1.40. The maximum Gasteiger partial charge on any atom is 0.239 e. The summed E-state index contributed by atoms with van der Waals surface area (Å²) in [6.07, 6.45) is 4.74. The highest BCUT2D eigenvalue weighted by atomic mass is 79.9. The Morgan fingerprint density at radius 2 is 2.17 bits per heavy atom. The van der Waals surface area contributed by atoms with Crippen molar-refractivity contribution in [1.29, 1.82) is 0 Å². The summed E-state index contributed by atoms with van der Waals surface area (Å²) in [5, 5.41) is 11.9. The Bertz CT molecular complexity index is 1100. The molecule has 2 fully saturated rings. The number of aromatic nitrogens is 4. The molecule has 1 amide bonds. The highest BCUT2D eigenvalue weighted by Crippen LogP contribution is 2.37. The zero-order valence-corrected chi connectivity index (χ0v) is 18.3. The van der Waals surface area contributed by atoms with Gasteiger partial charge in [0.25, 0.3) is 0 Å². The number of hydrogen-bond donors (Lipinski definition) is 1. The monoisotopic (exact) mass is 470 g/mol. The van der Waals surface area contributed by atoms with Crippen LogP contribution in [0.25, 0.3) is 11.0 Å². The van der Waals surface area contributed by atoms with Crippen molar-refractivity contribution in [1.82, 2.24) is 30.2 Å². The summed E-state index contributed by atoms with van der Waals surface area (Å²) in [5.41, 5.74) is 2.64. The quantitative estimate of drug-likeness (QED) is 0.595. The predicted molar refractivity (Wildman–Crippen MR) is 115 cm³/mol. The van der Waals surface area contributed by atoms with Crippen LogP contribution >= 0.6 is 15.9 Å². The van der Waals surface area contributed by atoms with Gasteiger partial charge in [-0.15, -0.1) is 5.10 Å². The first-order valence-electron chi connectivity index (χ1n) is 10.2. The van der Waals surface area contributed by atoms with Gasteiger partial charge in [-0.25, -0.2) is 9.67 Å². The number of carbonyl (C=O) groups excluding carboxylic acids is 1. The summed E-state index contributed by atoms with van der Waals surface area (Å²) in [6, 6.07) is 7.44. The van der Waals surface area contributed by atoms with E-state index in [1.54, 1.807) is 11.1 Å². The average molecular weight is 471 g/mol. The van der Waals surface area contributed by atoms with Crippen LogP contribution in [0.2, 0.25) is 0 Å². The molecule has 3 aromatic rings. The highest BCUT2D eigenvalue weighted by Gasteiger charge is 2.27. The maximum absolute atomic E-state index is 12.5. The first kappa shape index (κ1) is 19.4. The number of halogens is 1. The Morgan fingerprint density at radius 3 is 3.00 bits per heavy atom. The lowest BCUT2D eigenvalue weighted by atomic mass is 10.0. The van der Waals surface area contributed by atoms with Crippen LogP contribution in [0.4, 0.5) is 0 Å². The number of nitrogens with zero attached hydrogens (tertiary/aromatic N) is 5. The van der Waals surface area contributed by atoms with E-state index in [9.17, 15) is 4.79 Å². The number of pyridine rings is 1. The number of ether oxygens (including phenoxy) is 1. The van der Waals surface area contributed by atoms with Crippen molar-refractivity contribution in [3.05, 3.63) is 40.5 Å². The lowest BCUT2D eigenvalue weighted by molar-refractivity contribution is -0.134. The second-order valence-corrected chi connectivity index (χ2v) is 8.79. The molecule has 1 aliphatic heterocycles. The van der Waals surface area contributed by atoms with Crippen molar-refractivity contribution < 1.29 is 9.53 Å². The number of carbonyl (C=O) groups is 1. The van der Waals surface area contributed by atoms with Gasteiger partial charge in [0.1, 0.15) is 11.3 Å². The van der Waals surface area contributed by atoms with E-state index in [1.165, 1.54) is 12.8 Å². The van der Waals surface area contributed by atoms with Gasteiger partial charge in [-0.05, 0) is 52.9 Å². The molecule has 1 atom stereocenters. The van der Waals surface area contributed by atoms with Crippen molar-refractivity contribution in [3.8, 4) is 11.6 Å². The summed E-state index contributed by atoms with van der Waals surface area (Å²) in [5.74, 6) is 1.92. The van der Waals surface area contributed by atoms with Crippen molar-refractivity contribution in [3.63, 3.8) is 0 Å². The van der Waals surface area contributed by atoms with Gasteiger partial charge in [-0.2, -0.15) is 0 Å². The van der Waals surface area contributed by atoms with Crippen LogP contribution in [0.3, 0.4) is 0 Å². The molecule has 0 bridgehead atoms. The number of piperazine rings is 1. The number of likely N-dealkylation sites (N-methyl/N-ethyl adjacent to an activating group) is 1. The Labute approximate surface area is 182 Å². The van der Waals surface area contributed by atoms with Gasteiger partial charge in [0.05, 0.1) is 16.0 Å². The van der Waals surface area contributed by atoms with Gasteiger partial charge in [0.15, 0.2) is 0 Å². The van der Waals surface area contributed by atoms with Gasteiger partial charge in [0.2, 0.25) is 11.8 Å². The second-order valence-electron chi connectivity index (χ2n) is 8.00. The summed E-state index contributed by atoms with van der Waals surface area (Å²) in [4.78, 5) is 18.6. The van der Waals surface area contributed by atoms with Crippen LogP contribution in [0.1, 0.15) is 18.4 Å². The number of rotatable bonds is 6. The molecule has 3 heterocycles. The minimum absolute atomic E-state index is 0.0888. The van der Waals surface area contributed by atoms with E-state index in [-0.39, 0.29) is 11.9 Å². The molecular formula is C21H23BrN6O2. The van der Waals surface area contributed by atoms with E-state index < -0.39 is 0 Å². The van der Waals surface area contributed by atoms with Crippen molar-refractivity contribution in [2.24, 2.45) is 5.92 Å². The molecule has 1 N–H and O–H groups in total. The molecule has 5 rings (SSSR count). The minimum Gasteiger partial charge on any atom is -0.437 e. The van der Waals surface area contributed by atoms with E-state index in [0.29, 0.717) is 18.1 Å². The molecule has 1 saturated carbocycles. The molecule has 1 aliphatic carbocycles. The standard InChI is InChI=1S/C21H23BrN6O2/c1-27-10-9-23-15(21(27)29)11-14-3-2-8-24-20(14)30-17-7-6-16-19(18(17)22)25-26-28(16)12-13-4-5-13/h2-3,6-8,13,15,23H,4-5,9-12H2,1H3. The second kappa shape index (κ2) is 7.96. The Morgan fingerprint density at radius 1 is 1.30 bits per heavy atom. The normalized spacial score (nSPS) is 19.5. The Kier molecular flexibility index (Phi) is 5.16. The largest absolute Gasteiger partial charge is 0.437 e. The average Bonchev–Trinajstić information content (AvgIpc) is 3.47. The first-order chi connectivity index (χ1) is 14.6. The third kappa shape index (κ3) is 3.79. The molecule has 1 unspecified atom stereocenters. The number of amides is 1. The summed E-state index contributed by atoms with van der Waals surface area (Å²) in [6.45, 7) is 2.41. The SMILES string of the molecule is CN1CCNC(Cc2cccnc2Oc2ccc3c(nnn3CC3CC3)c2Br)C1=O. The molecule has 2 aliphatic rings. The number of hydrogen-bond acceptors (Lipinski definition) is 6. The minimum atomic E-state index is -0.274. The number of fused-ring (bicyclic) bond motifs is 1. The van der Waals surface area contributed by atoms with Gasteiger partial charge in [-0.3, -0.25) is 4.79 Å². The maximum atomic E-state index is 12.5. The smallest absolute Gasteiger partial charge is 0.239 e. The molecule has 156 valence electrons. The fraction of sp³-hybridized carbons (Fsp3) is 0.429.